The lowest BCUT2D eigenvalue weighted by Crippen LogP contribution is -2.17. The van der Waals surface area contributed by atoms with Crippen molar-refractivity contribution in [3.63, 3.8) is 0 Å². The monoisotopic (exact) mass is 466 g/mol. The van der Waals surface area contributed by atoms with Gasteiger partial charge in [0.1, 0.15) is 18.0 Å². The highest BCUT2D eigenvalue weighted by Gasteiger charge is 2.21. The quantitative estimate of drug-likeness (QED) is 0.348. The van der Waals surface area contributed by atoms with E-state index in [1.165, 1.54) is 31.0 Å². The summed E-state index contributed by atoms with van der Waals surface area (Å²) in [6, 6.07) is 15.8. The molecule has 0 saturated heterocycles. The van der Waals surface area contributed by atoms with Crippen LogP contribution < -0.4 is 0 Å². The van der Waals surface area contributed by atoms with Crippen molar-refractivity contribution in [2.24, 2.45) is 0 Å². The van der Waals surface area contributed by atoms with Crippen LogP contribution in [0.1, 0.15) is 61.2 Å². The standard InChI is InChI=1S/C25H27N2O5P/c1-18(28)25-26-15-16-27(25)24(17-32-33(29,30)31)14-7-19-5-8-21(9-6-19)23-12-10-22(11-13-23)20-3-2-4-20/h5-6,8-13,15-16,18,20,24,28H,2-4,17H2,1H3,(H2,29,30,31)/t18-,24-/m0/s1. The third kappa shape index (κ3) is 6.00. The molecule has 172 valence electrons. The van der Waals surface area contributed by atoms with E-state index in [0.717, 1.165) is 16.7 Å². The van der Waals surface area contributed by atoms with Crippen molar-refractivity contribution < 1.29 is 24.0 Å². The molecule has 7 nitrogen and oxygen atoms in total. The normalized spacial score (nSPS) is 15.9. The molecule has 2 aromatic carbocycles. The molecule has 1 aliphatic rings. The molecule has 0 radical (unpaired) electrons. The molecule has 0 amide bonds. The van der Waals surface area contributed by atoms with Gasteiger partial charge >= 0.3 is 7.82 Å². The van der Waals surface area contributed by atoms with Crippen LogP contribution in [-0.2, 0) is 9.09 Å². The van der Waals surface area contributed by atoms with Crippen LogP contribution in [0.15, 0.2) is 60.9 Å². The Balaban J connectivity index is 1.52. The summed E-state index contributed by atoms with van der Waals surface area (Å²) >= 11 is 0. The molecule has 1 heterocycles. The molecular formula is C25H27N2O5P. The van der Waals surface area contributed by atoms with Gasteiger partial charge < -0.3 is 19.5 Å². The maximum Gasteiger partial charge on any atom is 0.469 e. The molecule has 3 aromatic rings. The minimum atomic E-state index is -4.67. The van der Waals surface area contributed by atoms with Gasteiger partial charge in [0, 0.05) is 18.0 Å². The lowest BCUT2D eigenvalue weighted by Gasteiger charge is -2.25. The highest BCUT2D eigenvalue weighted by atomic mass is 31.2. The summed E-state index contributed by atoms with van der Waals surface area (Å²) in [5, 5.41) is 9.93. The van der Waals surface area contributed by atoms with E-state index in [1.54, 1.807) is 17.7 Å². The number of aliphatic hydroxyl groups is 1. The maximum absolute atomic E-state index is 11.2. The maximum atomic E-state index is 11.2. The summed E-state index contributed by atoms with van der Waals surface area (Å²) in [5.41, 5.74) is 4.40. The van der Waals surface area contributed by atoms with E-state index in [1.807, 2.05) is 24.3 Å². The number of phosphoric ester groups is 1. The molecule has 1 saturated carbocycles. The van der Waals surface area contributed by atoms with Crippen molar-refractivity contribution in [1.29, 1.82) is 0 Å². The molecule has 0 aliphatic heterocycles. The molecule has 4 rings (SSSR count). The number of aromatic nitrogens is 2. The Bertz CT molecular complexity index is 1180. The number of imidazole rings is 1. The van der Waals surface area contributed by atoms with Gasteiger partial charge in [-0.1, -0.05) is 54.7 Å². The lowest BCUT2D eigenvalue weighted by atomic mass is 9.80. The highest BCUT2D eigenvalue weighted by Crippen LogP contribution is 2.37. The number of benzene rings is 2. The predicted octanol–water partition coefficient (Wildman–Crippen LogP) is 4.57. The van der Waals surface area contributed by atoms with E-state index in [9.17, 15) is 9.67 Å². The molecular weight excluding hydrogens is 439 g/mol. The summed E-state index contributed by atoms with van der Waals surface area (Å²) in [6.45, 7) is 1.21. The second-order valence-electron chi connectivity index (χ2n) is 8.27. The average Bonchev–Trinajstić information content (AvgIpc) is 3.23. The van der Waals surface area contributed by atoms with Crippen LogP contribution >= 0.6 is 7.82 Å². The van der Waals surface area contributed by atoms with Crippen molar-refractivity contribution >= 4 is 7.82 Å². The summed E-state index contributed by atoms with van der Waals surface area (Å²) in [5.74, 6) is 7.08. The SMILES string of the molecule is C[C@H](O)c1nccn1[C@@H](C#Cc1ccc(-c2ccc(C3CCC3)cc2)cc1)COP(=O)(O)O. The van der Waals surface area contributed by atoms with Gasteiger partial charge in [0.25, 0.3) is 0 Å². The van der Waals surface area contributed by atoms with Crippen molar-refractivity contribution in [1.82, 2.24) is 9.55 Å². The van der Waals surface area contributed by atoms with Crippen LogP contribution in [0.25, 0.3) is 11.1 Å². The Morgan fingerprint density at radius 2 is 1.76 bits per heavy atom. The third-order valence-corrected chi connectivity index (χ3v) is 6.38. The molecule has 33 heavy (non-hydrogen) atoms. The molecule has 2 atom stereocenters. The molecule has 1 aromatic heterocycles. The van der Waals surface area contributed by atoms with Crippen LogP contribution in [-0.4, -0.2) is 31.1 Å². The second-order valence-corrected chi connectivity index (χ2v) is 9.51. The van der Waals surface area contributed by atoms with Crippen LogP contribution in [0.5, 0.6) is 0 Å². The van der Waals surface area contributed by atoms with Gasteiger partial charge in [0.15, 0.2) is 0 Å². The first-order valence-corrected chi connectivity index (χ1v) is 12.5. The zero-order chi connectivity index (χ0) is 23.4. The Hall–Kier alpha value is -2.72. The van der Waals surface area contributed by atoms with Gasteiger partial charge in [-0.2, -0.15) is 0 Å². The fourth-order valence-electron chi connectivity index (χ4n) is 3.87. The first-order chi connectivity index (χ1) is 15.8. The summed E-state index contributed by atoms with van der Waals surface area (Å²) in [4.78, 5) is 22.3. The van der Waals surface area contributed by atoms with Crippen molar-refractivity contribution in [2.45, 2.75) is 44.2 Å². The van der Waals surface area contributed by atoms with E-state index in [4.69, 9.17) is 9.79 Å². The van der Waals surface area contributed by atoms with Gasteiger partial charge in [0.2, 0.25) is 0 Å². The molecule has 0 spiro atoms. The third-order valence-electron chi connectivity index (χ3n) is 5.90. The smallest absolute Gasteiger partial charge is 0.385 e. The van der Waals surface area contributed by atoms with Crippen LogP contribution in [0.2, 0.25) is 0 Å². The zero-order valence-electron chi connectivity index (χ0n) is 18.3. The number of hydrogen-bond donors (Lipinski definition) is 3. The largest absolute Gasteiger partial charge is 0.469 e. The molecule has 3 N–H and O–H groups in total. The topological polar surface area (TPSA) is 105 Å². The van der Waals surface area contributed by atoms with Gasteiger partial charge in [-0.15, -0.1) is 0 Å². The fourth-order valence-corrected chi connectivity index (χ4v) is 4.21. The van der Waals surface area contributed by atoms with E-state index in [0.29, 0.717) is 11.7 Å². The minimum Gasteiger partial charge on any atom is -0.385 e. The molecule has 8 heteroatoms. The van der Waals surface area contributed by atoms with E-state index in [-0.39, 0.29) is 6.61 Å². The lowest BCUT2D eigenvalue weighted by molar-refractivity contribution is 0.165. The van der Waals surface area contributed by atoms with E-state index in [2.05, 4.69) is 45.6 Å². The zero-order valence-corrected chi connectivity index (χ0v) is 19.2. The molecule has 1 aliphatic carbocycles. The van der Waals surface area contributed by atoms with Crippen molar-refractivity contribution in [2.75, 3.05) is 6.61 Å². The number of phosphoric acid groups is 1. The van der Waals surface area contributed by atoms with Gasteiger partial charge in [-0.3, -0.25) is 4.52 Å². The van der Waals surface area contributed by atoms with Crippen LogP contribution in [0.3, 0.4) is 0 Å². The van der Waals surface area contributed by atoms with Gasteiger partial charge in [-0.25, -0.2) is 9.55 Å². The molecule has 0 bridgehead atoms. The fraction of sp³-hybridized carbons (Fsp3) is 0.320. The number of aliphatic hydroxyl groups excluding tert-OH is 1. The highest BCUT2D eigenvalue weighted by molar-refractivity contribution is 7.46. The summed E-state index contributed by atoms with van der Waals surface area (Å²) in [6.07, 6.45) is 6.12. The van der Waals surface area contributed by atoms with E-state index < -0.39 is 20.0 Å². The summed E-state index contributed by atoms with van der Waals surface area (Å²) in [7, 11) is -4.67. The minimum absolute atomic E-state index is 0.337. The number of rotatable bonds is 7. The Morgan fingerprint density at radius 3 is 2.30 bits per heavy atom. The van der Waals surface area contributed by atoms with Crippen LogP contribution in [0, 0.1) is 11.8 Å². The molecule has 1 fully saturated rings. The van der Waals surface area contributed by atoms with Crippen LogP contribution in [0.4, 0.5) is 0 Å². The van der Waals surface area contributed by atoms with E-state index >= 15 is 0 Å². The Kier molecular flexibility index (Phi) is 7.14. The first-order valence-electron chi connectivity index (χ1n) is 10.9. The first kappa shape index (κ1) is 23.4. The summed E-state index contributed by atoms with van der Waals surface area (Å²) < 4.78 is 17.4. The van der Waals surface area contributed by atoms with Crippen molar-refractivity contribution in [3.05, 3.63) is 77.9 Å². The average molecular weight is 466 g/mol. The Labute approximate surface area is 193 Å². The number of hydrogen-bond acceptors (Lipinski definition) is 4. The second kappa shape index (κ2) is 10.0. The van der Waals surface area contributed by atoms with Gasteiger partial charge in [-0.05, 0) is 54.5 Å². The van der Waals surface area contributed by atoms with Crippen molar-refractivity contribution in [3.8, 4) is 23.0 Å². The van der Waals surface area contributed by atoms with Gasteiger partial charge in [0.05, 0.1) is 6.61 Å². The predicted molar refractivity (Wildman–Crippen MR) is 125 cm³/mol. The number of nitrogens with zero attached hydrogens (tertiary/aromatic N) is 2. The molecule has 0 unspecified atom stereocenters. The Morgan fingerprint density at radius 1 is 1.12 bits per heavy atom.